The van der Waals surface area contributed by atoms with E-state index in [4.69, 9.17) is 4.84 Å². The van der Waals surface area contributed by atoms with Crippen molar-refractivity contribution in [2.75, 3.05) is 0 Å². The van der Waals surface area contributed by atoms with E-state index in [0.717, 1.165) is 6.54 Å². The van der Waals surface area contributed by atoms with E-state index in [1.807, 2.05) is 11.3 Å². The molecule has 2 nitrogen and oxygen atoms in total. The zero-order valence-corrected chi connectivity index (χ0v) is 10.3. The topological polar surface area (TPSA) is 21.3 Å². The number of rotatable bonds is 4. The van der Waals surface area contributed by atoms with Crippen molar-refractivity contribution in [3.63, 3.8) is 0 Å². The van der Waals surface area contributed by atoms with E-state index in [1.165, 1.54) is 41.0 Å². The molecular weight excluding hydrogens is 206 g/mol. The molecule has 0 aromatic carbocycles. The maximum absolute atomic E-state index is 5.63. The van der Waals surface area contributed by atoms with Crippen molar-refractivity contribution < 1.29 is 4.84 Å². The summed E-state index contributed by atoms with van der Waals surface area (Å²) in [5.74, 6) is 0. The van der Waals surface area contributed by atoms with E-state index in [-0.39, 0.29) is 0 Å². The SMILES string of the molecule is Cc1cc(CNOC2CCCC2)c(C)s1. The van der Waals surface area contributed by atoms with Gasteiger partial charge in [-0.3, -0.25) is 4.84 Å². The molecule has 0 saturated heterocycles. The molecule has 0 aliphatic heterocycles. The van der Waals surface area contributed by atoms with E-state index < -0.39 is 0 Å². The van der Waals surface area contributed by atoms with Crippen molar-refractivity contribution in [2.24, 2.45) is 0 Å². The van der Waals surface area contributed by atoms with E-state index in [9.17, 15) is 0 Å². The number of thiophene rings is 1. The molecule has 15 heavy (non-hydrogen) atoms. The second-order valence-electron chi connectivity index (χ2n) is 4.28. The highest BCUT2D eigenvalue weighted by molar-refractivity contribution is 7.12. The lowest BCUT2D eigenvalue weighted by molar-refractivity contribution is -0.0244. The third-order valence-electron chi connectivity index (χ3n) is 2.96. The summed E-state index contributed by atoms with van der Waals surface area (Å²) in [6.07, 6.45) is 5.53. The summed E-state index contributed by atoms with van der Waals surface area (Å²) in [4.78, 5) is 8.40. The van der Waals surface area contributed by atoms with Gasteiger partial charge in [-0.25, -0.2) is 0 Å². The highest BCUT2D eigenvalue weighted by Gasteiger charge is 2.15. The Hall–Kier alpha value is -0.380. The van der Waals surface area contributed by atoms with Gasteiger partial charge in [0, 0.05) is 16.3 Å². The molecule has 1 aromatic heterocycles. The average molecular weight is 225 g/mol. The van der Waals surface area contributed by atoms with Gasteiger partial charge in [0.2, 0.25) is 0 Å². The van der Waals surface area contributed by atoms with Crippen molar-refractivity contribution in [3.8, 4) is 0 Å². The molecule has 84 valence electrons. The Morgan fingerprint density at radius 1 is 1.40 bits per heavy atom. The number of hydroxylamine groups is 1. The Labute approximate surface area is 95.6 Å². The molecule has 0 bridgehead atoms. The second kappa shape index (κ2) is 5.10. The summed E-state index contributed by atoms with van der Waals surface area (Å²) in [6.45, 7) is 5.16. The van der Waals surface area contributed by atoms with Gasteiger partial charge in [0.15, 0.2) is 0 Å². The monoisotopic (exact) mass is 225 g/mol. The van der Waals surface area contributed by atoms with Crippen molar-refractivity contribution in [1.29, 1.82) is 0 Å². The zero-order valence-electron chi connectivity index (χ0n) is 9.51. The molecule has 2 rings (SSSR count). The Balaban J connectivity index is 1.75. The first-order valence-electron chi connectivity index (χ1n) is 5.70. The van der Waals surface area contributed by atoms with Gasteiger partial charge in [0.25, 0.3) is 0 Å². The van der Waals surface area contributed by atoms with Gasteiger partial charge >= 0.3 is 0 Å². The van der Waals surface area contributed by atoms with Crippen LogP contribution in [0.5, 0.6) is 0 Å². The molecule has 1 aliphatic rings. The first-order chi connectivity index (χ1) is 7.25. The van der Waals surface area contributed by atoms with Crippen LogP contribution in [0.1, 0.15) is 41.0 Å². The highest BCUT2D eigenvalue weighted by Crippen LogP contribution is 2.22. The summed E-state index contributed by atoms with van der Waals surface area (Å²) in [5, 5.41) is 0. The lowest BCUT2D eigenvalue weighted by atomic mass is 10.2. The fourth-order valence-corrected chi connectivity index (χ4v) is 3.05. The van der Waals surface area contributed by atoms with Crippen molar-refractivity contribution >= 4 is 11.3 Å². The Morgan fingerprint density at radius 3 is 2.73 bits per heavy atom. The molecule has 1 N–H and O–H groups in total. The van der Waals surface area contributed by atoms with Crippen LogP contribution in [0.2, 0.25) is 0 Å². The van der Waals surface area contributed by atoms with Crippen LogP contribution < -0.4 is 5.48 Å². The predicted molar refractivity (Wildman–Crippen MR) is 64.0 cm³/mol. The largest absolute Gasteiger partial charge is 0.298 e. The van der Waals surface area contributed by atoms with Crippen LogP contribution >= 0.6 is 11.3 Å². The number of nitrogens with one attached hydrogen (secondary N) is 1. The van der Waals surface area contributed by atoms with Gasteiger partial charge in [0.05, 0.1) is 6.10 Å². The molecule has 1 aliphatic carbocycles. The maximum atomic E-state index is 5.63. The zero-order chi connectivity index (χ0) is 10.7. The number of aryl methyl sites for hydroxylation is 2. The Kier molecular flexibility index (Phi) is 3.78. The predicted octanol–water partition coefficient (Wildman–Crippen LogP) is 3.33. The Bertz CT molecular complexity index is 315. The van der Waals surface area contributed by atoms with Crippen LogP contribution in [0.4, 0.5) is 0 Å². The summed E-state index contributed by atoms with van der Waals surface area (Å²) in [6, 6.07) is 2.24. The van der Waals surface area contributed by atoms with Gasteiger partial charge in [-0.05, 0) is 38.3 Å². The van der Waals surface area contributed by atoms with Crippen molar-refractivity contribution in [2.45, 2.75) is 52.2 Å². The molecule has 1 heterocycles. The minimum absolute atomic E-state index is 0.449. The molecule has 0 radical (unpaired) electrons. The average Bonchev–Trinajstić information content (AvgIpc) is 2.77. The molecule has 0 spiro atoms. The molecule has 1 aromatic rings. The van der Waals surface area contributed by atoms with Crippen LogP contribution in [-0.2, 0) is 11.4 Å². The third kappa shape index (κ3) is 3.03. The number of hydrogen-bond acceptors (Lipinski definition) is 3. The van der Waals surface area contributed by atoms with Gasteiger partial charge in [-0.2, -0.15) is 5.48 Å². The quantitative estimate of drug-likeness (QED) is 0.794. The molecule has 0 unspecified atom stereocenters. The van der Waals surface area contributed by atoms with Crippen LogP contribution in [0.25, 0.3) is 0 Å². The molecule has 1 saturated carbocycles. The molecule has 0 atom stereocenters. The van der Waals surface area contributed by atoms with Gasteiger partial charge < -0.3 is 0 Å². The molecule has 3 heteroatoms. The van der Waals surface area contributed by atoms with Crippen LogP contribution in [0.3, 0.4) is 0 Å². The summed E-state index contributed by atoms with van der Waals surface area (Å²) < 4.78 is 0. The van der Waals surface area contributed by atoms with E-state index >= 15 is 0 Å². The summed E-state index contributed by atoms with van der Waals surface area (Å²) in [5.41, 5.74) is 4.48. The maximum Gasteiger partial charge on any atom is 0.0790 e. The fourth-order valence-electron chi connectivity index (χ4n) is 2.10. The lowest BCUT2D eigenvalue weighted by Crippen LogP contribution is -2.21. The van der Waals surface area contributed by atoms with E-state index in [1.54, 1.807) is 0 Å². The molecular formula is C12H19NOS. The van der Waals surface area contributed by atoms with Crippen molar-refractivity contribution in [3.05, 3.63) is 21.4 Å². The molecule has 1 fully saturated rings. The second-order valence-corrected chi connectivity index (χ2v) is 5.74. The Morgan fingerprint density at radius 2 is 2.13 bits per heavy atom. The molecule has 0 amide bonds. The first-order valence-corrected chi connectivity index (χ1v) is 6.52. The highest BCUT2D eigenvalue weighted by atomic mass is 32.1. The summed E-state index contributed by atoms with van der Waals surface area (Å²) >= 11 is 1.86. The first kappa shape index (κ1) is 11.1. The van der Waals surface area contributed by atoms with Gasteiger partial charge in [-0.1, -0.05) is 12.8 Å². The van der Waals surface area contributed by atoms with Crippen LogP contribution in [0.15, 0.2) is 6.07 Å². The lowest BCUT2D eigenvalue weighted by Gasteiger charge is -2.11. The summed E-state index contributed by atoms with van der Waals surface area (Å²) in [7, 11) is 0. The smallest absolute Gasteiger partial charge is 0.0790 e. The number of hydrogen-bond donors (Lipinski definition) is 1. The normalized spacial score (nSPS) is 17.5. The third-order valence-corrected chi connectivity index (χ3v) is 3.97. The van der Waals surface area contributed by atoms with Crippen LogP contribution in [0, 0.1) is 13.8 Å². The van der Waals surface area contributed by atoms with Gasteiger partial charge in [-0.15, -0.1) is 11.3 Å². The standard InChI is InChI=1S/C12H19NOS/c1-9-7-11(10(2)15-9)8-13-14-12-5-3-4-6-12/h7,12-13H,3-6,8H2,1-2H3. The van der Waals surface area contributed by atoms with Crippen molar-refractivity contribution in [1.82, 2.24) is 5.48 Å². The van der Waals surface area contributed by atoms with Gasteiger partial charge in [0.1, 0.15) is 0 Å². The fraction of sp³-hybridized carbons (Fsp3) is 0.667. The minimum Gasteiger partial charge on any atom is -0.298 e. The minimum atomic E-state index is 0.449. The van der Waals surface area contributed by atoms with E-state index in [0.29, 0.717) is 6.10 Å². The van der Waals surface area contributed by atoms with E-state index in [2.05, 4.69) is 25.4 Å². The van der Waals surface area contributed by atoms with Crippen LogP contribution in [-0.4, -0.2) is 6.10 Å².